The highest BCUT2D eigenvalue weighted by Crippen LogP contribution is 2.45. The van der Waals surface area contributed by atoms with Crippen molar-refractivity contribution in [3.8, 4) is 11.3 Å². The SMILES string of the molecule is Cc1cc(C)cc(-c2[nH]c3sc(C(C)(C)C(=O)N4C5CCC4CC5)cc3c2C(=O)CN2C[C@H]3C[C@@H]2CN3CC(=O)N2CCOCC2)c1. The predicted octanol–water partition coefficient (Wildman–Crippen LogP) is 4.74. The van der Waals surface area contributed by atoms with Crippen LogP contribution >= 0.6 is 11.3 Å². The maximum atomic E-state index is 14.5. The minimum Gasteiger partial charge on any atom is -0.378 e. The second kappa shape index (κ2) is 11.8. The number of rotatable bonds is 8. The van der Waals surface area contributed by atoms with E-state index >= 15 is 0 Å². The minimum atomic E-state index is -0.660. The van der Waals surface area contributed by atoms with Gasteiger partial charge in [0.25, 0.3) is 0 Å². The second-order valence-electron chi connectivity index (χ2n) is 15.2. The summed E-state index contributed by atoms with van der Waals surface area (Å²) in [5, 5.41) is 0.927. The van der Waals surface area contributed by atoms with E-state index in [0.717, 1.165) is 88.2 Å². The molecular formula is C37H47N5O4S. The molecule has 10 heteroatoms. The standard InChI is InChI=1S/C37H47N5O4S/c1-22-13-23(2)15-24(14-22)34-33(29-17-31(47-35(29)38-34)37(3,4)36(45)42-25-5-6-26(42)8-7-25)30(43)20-40-18-28-16-27(40)19-41(28)21-32(44)39-9-11-46-12-10-39/h13-15,17,25-28,38H,5-12,16,18-21H2,1-4H3/t25?,26?,27-,28-/m1/s1. The number of nitrogens with one attached hydrogen (secondary N) is 1. The Labute approximate surface area is 281 Å². The summed E-state index contributed by atoms with van der Waals surface area (Å²) in [6, 6.07) is 9.92. The molecule has 9 nitrogen and oxygen atoms in total. The molecular weight excluding hydrogens is 611 g/mol. The maximum absolute atomic E-state index is 14.5. The van der Waals surface area contributed by atoms with Crippen LogP contribution in [0.4, 0.5) is 0 Å². The number of thiophene rings is 1. The van der Waals surface area contributed by atoms with Crippen LogP contribution in [0.15, 0.2) is 24.3 Å². The average Bonchev–Trinajstić information content (AvgIpc) is 3.89. The Hall–Kier alpha value is -3.05. The van der Waals surface area contributed by atoms with Crippen molar-refractivity contribution in [3.05, 3.63) is 45.8 Å². The number of aryl methyl sites for hydroxylation is 2. The molecule has 8 rings (SSSR count). The van der Waals surface area contributed by atoms with Crippen molar-refractivity contribution in [1.29, 1.82) is 0 Å². The van der Waals surface area contributed by atoms with Crippen molar-refractivity contribution in [1.82, 2.24) is 24.6 Å². The lowest BCUT2D eigenvalue weighted by Crippen LogP contribution is -2.52. The van der Waals surface area contributed by atoms with Crippen LogP contribution in [0.25, 0.3) is 21.5 Å². The second-order valence-corrected chi connectivity index (χ2v) is 16.3. The Bertz CT molecular complexity index is 1700. The van der Waals surface area contributed by atoms with E-state index in [4.69, 9.17) is 4.74 Å². The number of carbonyl (C=O) groups excluding carboxylic acids is 3. The van der Waals surface area contributed by atoms with Crippen LogP contribution in [0.1, 0.15) is 72.3 Å². The van der Waals surface area contributed by atoms with Gasteiger partial charge in [-0.05, 0) is 83.6 Å². The van der Waals surface area contributed by atoms with E-state index in [9.17, 15) is 14.4 Å². The molecule has 5 aliphatic heterocycles. The van der Waals surface area contributed by atoms with Crippen molar-refractivity contribution in [3.63, 3.8) is 0 Å². The first-order valence-electron chi connectivity index (χ1n) is 17.5. The zero-order valence-corrected chi connectivity index (χ0v) is 29.0. The fourth-order valence-electron chi connectivity index (χ4n) is 9.15. The molecule has 0 spiro atoms. The van der Waals surface area contributed by atoms with Gasteiger partial charge in [0.15, 0.2) is 5.78 Å². The van der Waals surface area contributed by atoms with E-state index < -0.39 is 5.41 Å². The normalized spacial score (nSPS) is 26.3. The van der Waals surface area contributed by atoms with Crippen LogP contribution in [0.2, 0.25) is 0 Å². The number of Topliss-reactive ketones (excluding diaryl/α,β-unsaturated/α-hetero) is 1. The number of amides is 2. The number of H-pyrrole nitrogens is 1. The lowest BCUT2D eigenvalue weighted by Gasteiger charge is -2.35. The first-order chi connectivity index (χ1) is 22.6. The van der Waals surface area contributed by atoms with Gasteiger partial charge in [0, 0.05) is 60.6 Å². The number of ether oxygens (including phenoxy) is 1. The van der Waals surface area contributed by atoms with E-state index in [0.29, 0.717) is 57.5 Å². The summed E-state index contributed by atoms with van der Waals surface area (Å²) in [5.74, 6) is 0.516. The number of ketones is 1. The summed E-state index contributed by atoms with van der Waals surface area (Å²) >= 11 is 1.62. The fourth-order valence-corrected chi connectivity index (χ4v) is 10.3. The van der Waals surface area contributed by atoms with Gasteiger partial charge < -0.3 is 19.5 Å². The summed E-state index contributed by atoms with van der Waals surface area (Å²) < 4.78 is 5.42. The zero-order valence-electron chi connectivity index (χ0n) is 28.1. The minimum absolute atomic E-state index is 0.111. The number of hydrogen-bond donors (Lipinski definition) is 1. The number of nitrogens with zero attached hydrogens (tertiary/aromatic N) is 4. The number of piperazine rings is 1. The molecule has 3 aromatic rings. The molecule has 0 saturated carbocycles. The van der Waals surface area contributed by atoms with Crippen LogP contribution in [-0.2, 0) is 19.7 Å². The van der Waals surface area contributed by atoms with Crippen LogP contribution in [-0.4, -0.2) is 119 Å². The van der Waals surface area contributed by atoms with Gasteiger partial charge in [0.05, 0.1) is 43.0 Å². The smallest absolute Gasteiger partial charge is 0.236 e. The van der Waals surface area contributed by atoms with Crippen LogP contribution < -0.4 is 0 Å². The third-order valence-corrected chi connectivity index (χ3v) is 13.0. The Balaban J connectivity index is 1.05. The van der Waals surface area contributed by atoms with Gasteiger partial charge in [-0.2, -0.15) is 0 Å². The quantitative estimate of drug-likeness (QED) is 0.352. The first kappa shape index (κ1) is 31.2. The molecule has 1 N–H and O–H groups in total. The molecule has 2 amide bonds. The highest BCUT2D eigenvalue weighted by Gasteiger charge is 2.48. The average molecular weight is 658 g/mol. The number of aromatic nitrogens is 1. The molecule has 1 aromatic carbocycles. The van der Waals surface area contributed by atoms with Crippen molar-refractivity contribution >= 4 is 39.2 Å². The van der Waals surface area contributed by atoms with E-state index in [-0.39, 0.29) is 23.6 Å². The predicted molar refractivity (Wildman–Crippen MR) is 184 cm³/mol. The van der Waals surface area contributed by atoms with Crippen molar-refractivity contribution in [2.75, 3.05) is 52.5 Å². The molecule has 250 valence electrons. The molecule has 0 radical (unpaired) electrons. The molecule has 47 heavy (non-hydrogen) atoms. The summed E-state index contributed by atoms with van der Waals surface area (Å²) in [5.41, 5.74) is 4.29. The van der Waals surface area contributed by atoms with Crippen LogP contribution in [0, 0.1) is 13.8 Å². The molecule has 0 unspecified atom stereocenters. The molecule has 4 bridgehead atoms. The maximum Gasteiger partial charge on any atom is 0.236 e. The van der Waals surface area contributed by atoms with Crippen molar-refractivity contribution in [2.24, 2.45) is 0 Å². The Morgan fingerprint density at radius 1 is 0.872 bits per heavy atom. The Kier molecular flexibility index (Phi) is 7.86. The number of aromatic amines is 1. The van der Waals surface area contributed by atoms with Gasteiger partial charge in [0.2, 0.25) is 11.8 Å². The Morgan fingerprint density at radius 3 is 2.11 bits per heavy atom. The summed E-state index contributed by atoms with van der Waals surface area (Å²) in [7, 11) is 0. The highest BCUT2D eigenvalue weighted by molar-refractivity contribution is 7.19. The lowest BCUT2D eigenvalue weighted by molar-refractivity contribution is -0.138. The number of likely N-dealkylation sites (tertiary alicyclic amines) is 2. The van der Waals surface area contributed by atoms with Crippen LogP contribution in [0.5, 0.6) is 0 Å². The summed E-state index contributed by atoms with van der Waals surface area (Å²) in [6.07, 6.45) is 5.48. The summed E-state index contributed by atoms with van der Waals surface area (Å²) in [6.45, 7) is 13.3. The fraction of sp³-hybridized carbons (Fsp3) is 0.595. The zero-order chi connectivity index (χ0) is 32.6. The van der Waals surface area contributed by atoms with Crippen molar-refractivity contribution < 1.29 is 19.1 Å². The van der Waals surface area contributed by atoms with Gasteiger partial charge in [-0.25, -0.2) is 0 Å². The van der Waals surface area contributed by atoms with Gasteiger partial charge >= 0.3 is 0 Å². The third-order valence-electron chi connectivity index (χ3n) is 11.6. The molecule has 5 saturated heterocycles. The van der Waals surface area contributed by atoms with E-state index in [1.54, 1.807) is 11.3 Å². The van der Waals surface area contributed by atoms with Gasteiger partial charge in [0.1, 0.15) is 4.83 Å². The third kappa shape index (κ3) is 5.45. The summed E-state index contributed by atoms with van der Waals surface area (Å²) in [4.78, 5) is 55.8. The van der Waals surface area contributed by atoms with Gasteiger partial charge in [-0.3, -0.25) is 24.2 Å². The van der Waals surface area contributed by atoms with E-state index in [1.165, 1.54) is 0 Å². The van der Waals surface area contributed by atoms with E-state index in [1.807, 2.05) is 4.90 Å². The van der Waals surface area contributed by atoms with Crippen LogP contribution in [0.3, 0.4) is 0 Å². The molecule has 5 aliphatic rings. The topological polar surface area (TPSA) is 89.2 Å². The van der Waals surface area contributed by atoms with Gasteiger partial charge in [-0.1, -0.05) is 17.2 Å². The number of carbonyl (C=O) groups is 3. The Morgan fingerprint density at radius 2 is 1.49 bits per heavy atom. The molecule has 2 atom stereocenters. The number of hydrogen-bond acceptors (Lipinski definition) is 7. The first-order valence-corrected chi connectivity index (χ1v) is 18.3. The largest absolute Gasteiger partial charge is 0.378 e. The van der Waals surface area contributed by atoms with E-state index in [2.05, 4.69) is 71.6 Å². The number of fused-ring (bicyclic) bond motifs is 5. The monoisotopic (exact) mass is 657 g/mol. The highest BCUT2D eigenvalue weighted by atomic mass is 32.1. The lowest BCUT2D eigenvalue weighted by atomic mass is 9.88. The number of morpholine rings is 1. The van der Waals surface area contributed by atoms with Crippen molar-refractivity contribution in [2.45, 2.75) is 89.4 Å². The molecule has 7 heterocycles. The molecule has 0 aliphatic carbocycles. The molecule has 5 fully saturated rings. The van der Waals surface area contributed by atoms with Gasteiger partial charge in [-0.15, -0.1) is 11.3 Å². The number of benzene rings is 1. The molecule has 2 aromatic heterocycles.